The van der Waals surface area contributed by atoms with Gasteiger partial charge in [0.1, 0.15) is 11.4 Å². The Hall–Kier alpha value is -2.69. The summed E-state index contributed by atoms with van der Waals surface area (Å²) in [6, 6.07) is 12.6. The topological polar surface area (TPSA) is 63.6 Å². The van der Waals surface area contributed by atoms with E-state index in [0.29, 0.717) is 12.3 Å². The Morgan fingerprint density at radius 2 is 2.10 bits per heavy atom. The molecule has 1 aromatic heterocycles. The smallest absolute Gasteiger partial charge is 0.289 e. The molecule has 5 heteroatoms. The van der Waals surface area contributed by atoms with Gasteiger partial charge in [-0.3, -0.25) is 9.78 Å². The molecule has 0 saturated carbocycles. The highest BCUT2D eigenvalue weighted by molar-refractivity contribution is 5.93. The van der Waals surface area contributed by atoms with Crippen LogP contribution in [0.3, 0.4) is 0 Å². The quantitative estimate of drug-likeness (QED) is 0.669. The summed E-state index contributed by atoms with van der Waals surface area (Å²) in [6.07, 6.45) is 3.11. The molecule has 0 bridgehead atoms. The molecule has 5 nitrogen and oxygen atoms in total. The summed E-state index contributed by atoms with van der Waals surface area (Å²) < 4.78 is 5.46. The Balaban J connectivity index is 2.02. The van der Waals surface area contributed by atoms with Crippen molar-refractivity contribution in [3.63, 3.8) is 0 Å². The van der Waals surface area contributed by atoms with E-state index in [4.69, 9.17) is 4.74 Å². The first-order valence-electron chi connectivity index (χ1n) is 6.27. The maximum atomic E-state index is 11.7. The van der Waals surface area contributed by atoms with Crippen molar-refractivity contribution in [1.82, 2.24) is 10.4 Å². The third-order valence-electron chi connectivity index (χ3n) is 2.49. The van der Waals surface area contributed by atoms with E-state index in [2.05, 4.69) is 15.5 Å². The van der Waals surface area contributed by atoms with Crippen LogP contribution in [0.2, 0.25) is 0 Å². The molecule has 0 spiro atoms. The number of hydrazone groups is 1. The van der Waals surface area contributed by atoms with Crippen molar-refractivity contribution >= 4 is 12.1 Å². The second-order valence-electron chi connectivity index (χ2n) is 3.88. The minimum Gasteiger partial charge on any atom is -0.493 e. The predicted molar refractivity (Wildman–Crippen MR) is 76.9 cm³/mol. The van der Waals surface area contributed by atoms with Gasteiger partial charge in [-0.05, 0) is 31.2 Å². The summed E-state index contributed by atoms with van der Waals surface area (Å²) in [5.74, 6) is 0.376. The van der Waals surface area contributed by atoms with Gasteiger partial charge in [-0.2, -0.15) is 5.10 Å². The molecule has 0 saturated heterocycles. The zero-order valence-corrected chi connectivity index (χ0v) is 11.1. The molecule has 0 radical (unpaired) electrons. The molecule has 2 aromatic rings. The number of amides is 1. The first kappa shape index (κ1) is 13.7. The van der Waals surface area contributed by atoms with Gasteiger partial charge >= 0.3 is 0 Å². The molecule has 20 heavy (non-hydrogen) atoms. The van der Waals surface area contributed by atoms with E-state index in [9.17, 15) is 4.79 Å². The van der Waals surface area contributed by atoms with Crippen molar-refractivity contribution in [3.8, 4) is 5.75 Å². The normalized spacial score (nSPS) is 10.4. The first-order valence-corrected chi connectivity index (χ1v) is 6.27. The number of aromatic nitrogens is 1. The van der Waals surface area contributed by atoms with E-state index in [-0.39, 0.29) is 5.91 Å². The van der Waals surface area contributed by atoms with Crippen molar-refractivity contribution in [2.45, 2.75) is 6.92 Å². The average molecular weight is 269 g/mol. The molecule has 2 rings (SSSR count). The Morgan fingerprint density at radius 1 is 1.30 bits per heavy atom. The number of ether oxygens (including phenoxy) is 1. The summed E-state index contributed by atoms with van der Waals surface area (Å²) in [4.78, 5) is 15.7. The minimum atomic E-state index is -0.351. The predicted octanol–water partition coefficient (Wildman–Crippen LogP) is 2.24. The molecule has 0 fully saturated rings. The lowest BCUT2D eigenvalue weighted by Crippen LogP contribution is -2.18. The third-order valence-corrected chi connectivity index (χ3v) is 2.49. The van der Waals surface area contributed by atoms with E-state index in [1.165, 1.54) is 0 Å². The van der Waals surface area contributed by atoms with Crippen molar-refractivity contribution < 1.29 is 9.53 Å². The fourth-order valence-electron chi connectivity index (χ4n) is 1.59. The Labute approximate surface area is 117 Å². The van der Waals surface area contributed by atoms with Crippen LogP contribution in [-0.4, -0.2) is 23.7 Å². The fraction of sp³-hybridized carbons (Fsp3) is 0.133. The molecule has 0 aliphatic carbocycles. The number of nitrogens with zero attached hydrogens (tertiary/aromatic N) is 2. The van der Waals surface area contributed by atoms with Crippen LogP contribution in [0.1, 0.15) is 23.0 Å². The lowest BCUT2D eigenvalue weighted by molar-refractivity contribution is 0.0950. The number of pyridine rings is 1. The van der Waals surface area contributed by atoms with Gasteiger partial charge in [0.2, 0.25) is 0 Å². The Bertz CT molecular complexity index is 597. The van der Waals surface area contributed by atoms with Crippen molar-refractivity contribution in [2.24, 2.45) is 5.10 Å². The largest absolute Gasteiger partial charge is 0.493 e. The number of hydrogen-bond acceptors (Lipinski definition) is 4. The highest BCUT2D eigenvalue weighted by Gasteiger charge is 2.04. The Kier molecular flexibility index (Phi) is 4.83. The van der Waals surface area contributed by atoms with Crippen LogP contribution in [0.5, 0.6) is 5.75 Å². The van der Waals surface area contributed by atoms with Gasteiger partial charge < -0.3 is 4.74 Å². The van der Waals surface area contributed by atoms with Crippen LogP contribution in [0.4, 0.5) is 0 Å². The van der Waals surface area contributed by atoms with E-state index >= 15 is 0 Å². The van der Waals surface area contributed by atoms with Gasteiger partial charge in [0.15, 0.2) is 0 Å². The summed E-state index contributed by atoms with van der Waals surface area (Å²) >= 11 is 0. The molecular weight excluding hydrogens is 254 g/mol. The van der Waals surface area contributed by atoms with Crippen LogP contribution in [-0.2, 0) is 0 Å². The number of carbonyl (C=O) groups is 1. The molecule has 1 amide bonds. The lowest BCUT2D eigenvalue weighted by Gasteiger charge is -2.05. The molecule has 102 valence electrons. The highest BCUT2D eigenvalue weighted by Crippen LogP contribution is 2.15. The number of hydrogen-bond donors (Lipinski definition) is 1. The Morgan fingerprint density at radius 3 is 2.85 bits per heavy atom. The van der Waals surface area contributed by atoms with Crippen LogP contribution < -0.4 is 10.2 Å². The van der Waals surface area contributed by atoms with Crippen molar-refractivity contribution in [2.75, 3.05) is 6.61 Å². The summed E-state index contributed by atoms with van der Waals surface area (Å²) in [7, 11) is 0. The molecule has 0 aliphatic rings. The molecule has 1 aromatic carbocycles. The van der Waals surface area contributed by atoms with Crippen molar-refractivity contribution in [3.05, 3.63) is 59.9 Å². The number of para-hydroxylation sites is 1. The number of nitrogens with one attached hydrogen (secondary N) is 1. The van der Waals surface area contributed by atoms with Crippen molar-refractivity contribution in [1.29, 1.82) is 0 Å². The molecule has 0 atom stereocenters. The molecule has 1 N–H and O–H groups in total. The highest BCUT2D eigenvalue weighted by atomic mass is 16.5. The van der Waals surface area contributed by atoms with Crippen LogP contribution in [0, 0.1) is 0 Å². The minimum absolute atomic E-state index is 0.322. The zero-order valence-electron chi connectivity index (χ0n) is 11.1. The van der Waals surface area contributed by atoms with Gasteiger partial charge in [0.25, 0.3) is 5.91 Å². The van der Waals surface area contributed by atoms with E-state index in [1.54, 1.807) is 30.6 Å². The van der Waals surface area contributed by atoms with Crippen LogP contribution in [0.25, 0.3) is 0 Å². The van der Waals surface area contributed by atoms with E-state index < -0.39 is 0 Å². The molecule has 0 aliphatic heterocycles. The summed E-state index contributed by atoms with van der Waals surface area (Å²) in [5, 5.41) is 3.92. The molecule has 0 unspecified atom stereocenters. The van der Waals surface area contributed by atoms with Gasteiger partial charge in [-0.1, -0.05) is 18.2 Å². The van der Waals surface area contributed by atoms with Gasteiger partial charge in [-0.25, -0.2) is 5.43 Å². The third kappa shape index (κ3) is 3.65. The monoisotopic (exact) mass is 269 g/mol. The van der Waals surface area contributed by atoms with E-state index in [0.717, 1.165) is 11.3 Å². The van der Waals surface area contributed by atoms with Gasteiger partial charge in [-0.15, -0.1) is 0 Å². The number of carbonyl (C=O) groups excluding carboxylic acids is 1. The number of benzene rings is 1. The van der Waals surface area contributed by atoms with E-state index in [1.807, 2.05) is 31.2 Å². The van der Waals surface area contributed by atoms with Crippen LogP contribution in [0.15, 0.2) is 53.8 Å². The zero-order chi connectivity index (χ0) is 14.2. The SMILES string of the molecule is CCOc1ccccc1C=NNC(=O)c1ccccn1. The first-order chi connectivity index (χ1) is 9.81. The second kappa shape index (κ2) is 7.04. The fourth-order valence-corrected chi connectivity index (χ4v) is 1.59. The van der Waals surface area contributed by atoms with Crippen LogP contribution >= 0.6 is 0 Å². The summed E-state index contributed by atoms with van der Waals surface area (Å²) in [5.41, 5.74) is 3.55. The maximum absolute atomic E-state index is 11.7. The summed E-state index contributed by atoms with van der Waals surface area (Å²) in [6.45, 7) is 2.49. The second-order valence-corrected chi connectivity index (χ2v) is 3.88. The average Bonchev–Trinajstić information content (AvgIpc) is 2.50. The number of rotatable bonds is 5. The standard InChI is InChI=1S/C15H15N3O2/c1-2-20-14-9-4-3-7-12(14)11-17-18-15(19)13-8-5-6-10-16-13/h3-11H,2H2,1H3,(H,18,19). The molecular formula is C15H15N3O2. The molecule has 1 heterocycles. The van der Waals surface area contributed by atoms with Gasteiger partial charge in [0.05, 0.1) is 12.8 Å². The lowest BCUT2D eigenvalue weighted by atomic mass is 10.2. The maximum Gasteiger partial charge on any atom is 0.289 e. The van der Waals surface area contributed by atoms with Gasteiger partial charge in [0, 0.05) is 11.8 Å².